The fraction of sp³-hybridized carbons (Fsp3) is 0.500. The normalized spacial score (nSPS) is 22.8. The van der Waals surface area contributed by atoms with Gasteiger partial charge in [0.05, 0.1) is 18.1 Å². The Balaban J connectivity index is 2.25. The standard InChI is InChI=1S/C12H15NO5/c1-17-8-5-6-9(13(15)16)12(7-8)18-11-4-2-3-10(11)14/h5-7,10-11,14H,2-4H2,1H3/t10-,11-/m1/s1. The van der Waals surface area contributed by atoms with Gasteiger partial charge in [0, 0.05) is 12.1 Å². The number of nitrogens with zero attached hydrogens (tertiary/aromatic N) is 1. The summed E-state index contributed by atoms with van der Waals surface area (Å²) in [6.07, 6.45) is 1.30. The summed E-state index contributed by atoms with van der Waals surface area (Å²) in [6, 6.07) is 4.33. The van der Waals surface area contributed by atoms with Crippen LogP contribution in [0, 0.1) is 10.1 Å². The molecule has 6 heteroatoms. The number of hydrogen-bond acceptors (Lipinski definition) is 5. The highest BCUT2D eigenvalue weighted by molar-refractivity contribution is 5.50. The first-order valence-corrected chi connectivity index (χ1v) is 5.79. The summed E-state index contributed by atoms with van der Waals surface area (Å²) in [6.45, 7) is 0. The molecule has 0 heterocycles. The summed E-state index contributed by atoms with van der Waals surface area (Å²) in [5.74, 6) is 0.633. The Morgan fingerprint density at radius 2 is 2.22 bits per heavy atom. The van der Waals surface area contributed by atoms with Crippen LogP contribution in [0.25, 0.3) is 0 Å². The Hall–Kier alpha value is -1.82. The van der Waals surface area contributed by atoms with E-state index in [-0.39, 0.29) is 17.5 Å². The molecule has 0 bridgehead atoms. The number of rotatable bonds is 4. The van der Waals surface area contributed by atoms with Crippen LogP contribution in [0.4, 0.5) is 5.69 Å². The van der Waals surface area contributed by atoms with Crippen LogP contribution in [0.3, 0.4) is 0 Å². The van der Waals surface area contributed by atoms with Gasteiger partial charge in [-0.3, -0.25) is 10.1 Å². The molecule has 0 saturated heterocycles. The second-order valence-corrected chi connectivity index (χ2v) is 4.25. The highest BCUT2D eigenvalue weighted by atomic mass is 16.6. The molecule has 1 fully saturated rings. The van der Waals surface area contributed by atoms with Gasteiger partial charge in [0.1, 0.15) is 11.9 Å². The third kappa shape index (κ3) is 2.53. The molecule has 1 aromatic rings. The van der Waals surface area contributed by atoms with Gasteiger partial charge in [-0.1, -0.05) is 0 Å². The molecule has 18 heavy (non-hydrogen) atoms. The molecular formula is C12H15NO5. The van der Waals surface area contributed by atoms with Crippen molar-refractivity contribution in [2.24, 2.45) is 0 Å². The summed E-state index contributed by atoms with van der Waals surface area (Å²) >= 11 is 0. The zero-order valence-corrected chi connectivity index (χ0v) is 10.0. The maximum absolute atomic E-state index is 10.9. The van der Waals surface area contributed by atoms with Crippen molar-refractivity contribution in [3.63, 3.8) is 0 Å². The van der Waals surface area contributed by atoms with Crippen molar-refractivity contribution in [1.82, 2.24) is 0 Å². The number of aliphatic hydroxyl groups is 1. The fourth-order valence-electron chi connectivity index (χ4n) is 2.07. The van der Waals surface area contributed by atoms with Crippen LogP contribution in [0.1, 0.15) is 19.3 Å². The van der Waals surface area contributed by atoms with Gasteiger partial charge in [0.15, 0.2) is 0 Å². The average Bonchev–Trinajstić information content (AvgIpc) is 2.74. The lowest BCUT2D eigenvalue weighted by Gasteiger charge is -2.17. The van der Waals surface area contributed by atoms with Crippen molar-refractivity contribution in [2.75, 3.05) is 7.11 Å². The monoisotopic (exact) mass is 253 g/mol. The van der Waals surface area contributed by atoms with E-state index in [9.17, 15) is 15.2 Å². The largest absolute Gasteiger partial charge is 0.497 e. The van der Waals surface area contributed by atoms with E-state index in [1.54, 1.807) is 0 Å². The van der Waals surface area contributed by atoms with Gasteiger partial charge in [0.25, 0.3) is 0 Å². The van der Waals surface area contributed by atoms with E-state index >= 15 is 0 Å². The number of aliphatic hydroxyl groups excluding tert-OH is 1. The van der Waals surface area contributed by atoms with E-state index in [0.29, 0.717) is 18.6 Å². The molecule has 0 aliphatic heterocycles. The maximum atomic E-state index is 10.9. The van der Waals surface area contributed by atoms with Crippen molar-refractivity contribution < 1.29 is 19.5 Å². The van der Waals surface area contributed by atoms with Crippen molar-refractivity contribution in [2.45, 2.75) is 31.5 Å². The van der Waals surface area contributed by atoms with Crippen LogP contribution in [0.2, 0.25) is 0 Å². The summed E-state index contributed by atoms with van der Waals surface area (Å²) in [5.41, 5.74) is -0.116. The number of nitro groups is 1. The second kappa shape index (κ2) is 5.22. The van der Waals surface area contributed by atoms with Gasteiger partial charge in [0.2, 0.25) is 5.75 Å². The molecule has 1 aliphatic rings. The van der Waals surface area contributed by atoms with E-state index in [4.69, 9.17) is 9.47 Å². The van der Waals surface area contributed by atoms with Crippen LogP contribution in [-0.4, -0.2) is 29.3 Å². The molecular weight excluding hydrogens is 238 g/mol. The SMILES string of the molecule is COc1ccc([N+](=O)[O-])c(O[C@@H]2CCC[C@H]2O)c1. The van der Waals surface area contributed by atoms with Crippen LogP contribution in [0.15, 0.2) is 18.2 Å². The van der Waals surface area contributed by atoms with Gasteiger partial charge >= 0.3 is 5.69 Å². The van der Waals surface area contributed by atoms with Gasteiger partial charge in [-0.2, -0.15) is 0 Å². The van der Waals surface area contributed by atoms with Gasteiger partial charge in [-0.25, -0.2) is 0 Å². The molecule has 2 atom stereocenters. The Labute approximate surface area is 104 Å². The maximum Gasteiger partial charge on any atom is 0.311 e. The van der Waals surface area contributed by atoms with Crippen molar-refractivity contribution in [3.05, 3.63) is 28.3 Å². The summed E-state index contributed by atoms with van der Waals surface area (Å²) < 4.78 is 10.6. The highest BCUT2D eigenvalue weighted by Crippen LogP contribution is 2.34. The highest BCUT2D eigenvalue weighted by Gasteiger charge is 2.29. The Kier molecular flexibility index (Phi) is 3.66. The van der Waals surface area contributed by atoms with E-state index in [1.165, 1.54) is 25.3 Å². The Morgan fingerprint density at radius 1 is 1.44 bits per heavy atom. The molecule has 1 saturated carbocycles. The molecule has 0 aromatic heterocycles. The van der Waals surface area contributed by atoms with Gasteiger partial charge in [-0.15, -0.1) is 0 Å². The van der Waals surface area contributed by atoms with E-state index in [0.717, 1.165) is 6.42 Å². The molecule has 6 nitrogen and oxygen atoms in total. The minimum absolute atomic E-state index is 0.116. The number of ether oxygens (including phenoxy) is 2. The van der Waals surface area contributed by atoms with Crippen LogP contribution < -0.4 is 9.47 Å². The molecule has 0 amide bonds. The minimum Gasteiger partial charge on any atom is -0.497 e. The molecule has 0 spiro atoms. The first-order chi connectivity index (χ1) is 8.61. The second-order valence-electron chi connectivity index (χ2n) is 4.25. The van der Waals surface area contributed by atoms with Gasteiger partial charge in [-0.05, 0) is 25.3 Å². The molecule has 0 unspecified atom stereocenters. The number of benzene rings is 1. The number of methoxy groups -OCH3 is 1. The minimum atomic E-state index is -0.559. The van der Waals surface area contributed by atoms with Crippen molar-refractivity contribution >= 4 is 5.69 Å². The first kappa shape index (κ1) is 12.6. The number of hydrogen-bond donors (Lipinski definition) is 1. The van der Waals surface area contributed by atoms with Crippen LogP contribution >= 0.6 is 0 Å². The van der Waals surface area contributed by atoms with Crippen molar-refractivity contribution in [3.8, 4) is 11.5 Å². The quantitative estimate of drug-likeness (QED) is 0.654. The summed E-state index contributed by atoms with van der Waals surface area (Å²) in [7, 11) is 1.48. The van der Waals surface area contributed by atoms with E-state index in [2.05, 4.69) is 0 Å². The lowest BCUT2D eigenvalue weighted by molar-refractivity contribution is -0.386. The summed E-state index contributed by atoms with van der Waals surface area (Å²) in [5, 5.41) is 20.6. The van der Waals surface area contributed by atoms with E-state index in [1.807, 2.05) is 0 Å². The Bertz CT molecular complexity index is 448. The Morgan fingerprint density at radius 3 is 2.78 bits per heavy atom. The average molecular weight is 253 g/mol. The zero-order valence-electron chi connectivity index (χ0n) is 10.0. The van der Waals surface area contributed by atoms with Crippen molar-refractivity contribution in [1.29, 1.82) is 0 Å². The molecule has 2 rings (SSSR count). The number of nitro benzene ring substituents is 1. The summed E-state index contributed by atoms with van der Waals surface area (Å²) in [4.78, 5) is 10.4. The first-order valence-electron chi connectivity index (χ1n) is 5.79. The topological polar surface area (TPSA) is 81.8 Å². The van der Waals surface area contributed by atoms with Gasteiger partial charge < -0.3 is 14.6 Å². The van der Waals surface area contributed by atoms with E-state index < -0.39 is 11.0 Å². The molecule has 1 N–H and O–H groups in total. The zero-order chi connectivity index (χ0) is 13.1. The smallest absolute Gasteiger partial charge is 0.311 e. The molecule has 1 aliphatic carbocycles. The predicted molar refractivity (Wildman–Crippen MR) is 63.9 cm³/mol. The third-order valence-corrected chi connectivity index (χ3v) is 3.06. The molecule has 98 valence electrons. The lowest BCUT2D eigenvalue weighted by Crippen LogP contribution is -2.25. The molecule has 1 aromatic carbocycles. The lowest BCUT2D eigenvalue weighted by atomic mass is 10.2. The molecule has 0 radical (unpaired) electrons. The fourth-order valence-corrected chi connectivity index (χ4v) is 2.07. The van der Waals surface area contributed by atoms with Crippen LogP contribution in [-0.2, 0) is 0 Å². The predicted octanol–water partition coefficient (Wildman–Crippen LogP) is 1.90. The third-order valence-electron chi connectivity index (χ3n) is 3.06. The van der Waals surface area contributed by atoms with Crippen LogP contribution in [0.5, 0.6) is 11.5 Å².